The van der Waals surface area contributed by atoms with Gasteiger partial charge in [-0.15, -0.1) is 0 Å². The number of halogens is 2. The average molecular weight is 377 g/mol. The van der Waals surface area contributed by atoms with Crippen LogP contribution < -0.4 is 5.32 Å². The molecule has 126 valence electrons. The Labute approximate surface area is 152 Å². The molecule has 6 nitrogen and oxygen atoms in total. The summed E-state index contributed by atoms with van der Waals surface area (Å²) in [6, 6.07) is 10.7. The first-order valence-corrected chi connectivity index (χ1v) is 7.75. The number of anilines is 1. The summed E-state index contributed by atoms with van der Waals surface area (Å²) in [6.07, 6.45) is 1.20. The lowest BCUT2D eigenvalue weighted by Gasteiger charge is -2.03. The van der Waals surface area contributed by atoms with E-state index in [0.29, 0.717) is 21.3 Å². The molecule has 0 bridgehead atoms. The monoisotopic (exact) mass is 376 g/mol. The van der Waals surface area contributed by atoms with Gasteiger partial charge in [-0.1, -0.05) is 29.3 Å². The van der Waals surface area contributed by atoms with Crippen molar-refractivity contribution in [3.05, 3.63) is 70.0 Å². The molecule has 2 aromatic carbocycles. The lowest BCUT2D eigenvalue weighted by molar-refractivity contribution is 0.0696. The minimum absolute atomic E-state index is 0.0433. The van der Waals surface area contributed by atoms with Gasteiger partial charge in [-0.05, 0) is 36.4 Å². The Morgan fingerprint density at radius 2 is 1.88 bits per heavy atom. The minimum Gasteiger partial charge on any atom is -0.478 e. The molecule has 0 radical (unpaired) electrons. The minimum atomic E-state index is -1.08. The van der Waals surface area contributed by atoms with Crippen LogP contribution in [0.4, 0.5) is 5.69 Å². The van der Waals surface area contributed by atoms with E-state index in [4.69, 9.17) is 32.7 Å². The molecule has 0 fully saturated rings. The number of hydrogen-bond acceptors (Lipinski definition) is 4. The second-order valence-electron chi connectivity index (χ2n) is 5.01. The third-order valence-corrected chi connectivity index (χ3v) is 4.01. The zero-order chi connectivity index (χ0) is 18.0. The highest BCUT2D eigenvalue weighted by Crippen LogP contribution is 2.28. The standard InChI is InChI=1S/C17H10Cl2N2O4/c18-12-5-4-9(7-13(12)19)16-21-14(8-25-16)15(22)20-11-3-1-2-10(6-11)17(23)24/h1-8H,(H,20,22)(H,23,24). The average Bonchev–Trinajstić information content (AvgIpc) is 3.08. The van der Waals surface area contributed by atoms with E-state index in [0.717, 1.165) is 0 Å². The van der Waals surface area contributed by atoms with Crippen LogP contribution in [0.2, 0.25) is 10.0 Å². The molecule has 1 heterocycles. The van der Waals surface area contributed by atoms with Crippen molar-refractivity contribution in [1.29, 1.82) is 0 Å². The van der Waals surface area contributed by atoms with E-state index in [1.54, 1.807) is 24.3 Å². The van der Waals surface area contributed by atoms with Crippen molar-refractivity contribution in [3.63, 3.8) is 0 Å². The van der Waals surface area contributed by atoms with E-state index >= 15 is 0 Å². The van der Waals surface area contributed by atoms with Crippen molar-refractivity contribution in [2.45, 2.75) is 0 Å². The topological polar surface area (TPSA) is 92.4 Å². The Morgan fingerprint density at radius 3 is 2.60 bits per heavy atom. The van der Waals surface area contributed by atoms with Gasteiger partial charge in [-0.25, -0.2) is 9.78 Å². The molecule has 0 saturated carbocycles. The smallest absolute Gasteiger partial charge is 0.335 e. The van der Waals surface area contributed by atoms with E-state index in [1.165, 1.54) is 24.5 Å². The third-order valence-electron chi connectivity index (χ3n) is 3.27. The molecule has 0 aliphatic rings. The van der Waals surface area contributed by atoms with Gasteiger partial charge >= 0.3 is 5.97 Å². The predicted octanol–water partition coefficient (Wildman–Crippen LogP) is 4.60. The number of benzene rings is 2. The molecule has 2 N–H and O–H groups in total. The van der Waals surface area contributed by atoms with Crippen LogP contribution in [0.5, 0.6) is 0 Å². The third kappa shape index (κ3) is 3.81. The first-order chi connectivity index (χ1) is 11.9. The summed E-state index contributed by atoms with van der Waals surface area (Å²) in [6.45, 7) is 0. The molecule has 25 heavy (non-hydrogen) atoms. The number of oxazole rings is 1. The summed E-state index contributed by atoms with van der Waals surface area (Å²) >= 11 is 11.8. The Balaban J connectivity index is 1.80. The van der Waals surface area contributed by atoms with E-state index in [2.05, 4.69) is 10.3 Å². The molecule has 1 amide bonds. The van der Waals surface area contributed by atoms with Gasteiger partial charge in [-0.2, -0.15) is 0 Å². The van der Waals surface area contributed by atoms with Crippen LogP contribution in [0.1, 0.15) is 20.8 Å². The van der Waals surface area contributed by atoms with E-state index in [-0.39, 0.29) is 17.1 Å². The lowest BCUT2D eigenvalue weighted by atomic mass is 10.2. The van der Waals surface area contributed by atoms with Crippen molar-refractivity contribution in [2.24, 2.45) is 0 Å². The highest BCUT2D eigenvalue weighted by molar-refractivity contribution is 6.42. The summed E-state index contributed by atoms with van der Waals surface area (Å²) in [7, 11) is 0. The summed E-state index contributed by atoms with van der Waals surface area (Å²) in [4.78, 5) is 27.3. The number of amides is 1. The largest absolute Gasteiger partial charge is 0.478 e. The predicted molar refractivity (Wildman–Crippen MR) is 93.3 cm³/mol. The molecule has 3 aromatic rings. The van der Waals surface area contributed by atoms with Crippen molar-refractivity contribution in [1.82, 2.24) is 4.98 Å². The number of hydrogen-bond donors (Lipinski definition) is 2. The number of nitrogens with one attached hydrogen (secondary N) is 1. The summed E-state index contributed by atoms with van der Waals surface area (Å²) in [5.74, 6) is -1.40. The second-order valence-corrected chi connectivity index (χ2v) is 5.82. The molecule has 8 heteroatoms. The van der Waals surface area contributed by atoms with E-state index < -0.39 is 11.9 Å². The molecule has 0 aliphatic heterocycles. The maximum absolute atomic E-state index is 12.2. The number of carboxylic acid groups (broad SMARTS) is 1. The first-order valence-electron chi connectivity index (χ1n) is 6.99. The van der Waals surface area contributed by atoms with Gasteiger partial charge in [0.25, 0.3) is 5.91 Å². The van der Waals surface area contributed by atoms with Crippen LogP contribution in [0.15, 0.2) is 53.1 Å². The Kier molecular flexibility index (Phi) is 4.74. The second kappa shape index (κ2) is 6.96. The van der Waals surface area contributed by atoms with Gasteiger partial charge in [0.1, 0.15) is 6.26 Å². The van der Waals surface area contributed by atoms with Gasteiger partial charge < -0.3 is 14.8 Å². The summed E-state index contributed by atoms with van der Waals surface area (Å²) in [5.41, 5.74) is 1.02. The van der Waals surface area contributed by atoms with Gasteiger partial charge in [0.2, 0.25) is 5.89 Å². The molecule has 3 rings (SSSR count). The van der Waals surface area contributed by atoms with Crippen LogP contribution in [0.3, 0.4) is 0 Å². The Morgan fingerprint density at radius 1 is 1.08 bits per heavy atom. The van der Waals surface area contributed by atoms with Crippen LogP contribution >= 0.6 is 23.2 Å². The van der Waals surface area contributed by atoms with Crippen LogP contribution in [0.25, 0.3) is 11.5 Å². The van der Waals surface area contributed by atoms with Crippen molar-refractivity contribution >= 4 is 40.8 Å². The number of carbonyl (C=O) groups excluding carboxylic acids is 1. The van der Waals surface area contributed by atoms with Gasteiger partial charge in [0.05, 0.1) is 15.6 Å². The summed E-state index contributed by atoms with van der Waals surface area (Å²) in [5, 5.41) is 12.3. The van der Waals surface area contributed by atoms with Crippen molar-refractivity contribution < 1.29 is 19.1 Å². The molecule has 0 unspecified atom stereocenters. The number of carbonyl (C=O) groups is 2. The Hall–Kier alpha value is -2.83. The maximum Gasteiger partial charge on any atom is 0.335 e. The fourth-order valence-electron chi connectivity index (χ4n) is 2.06. The van der Waals surface area contributed by atoms with Gasteiger partial charge in [0.15, 0.2) is 5.69 Å². The van der Waals surface area contributed by atoms with E-state index in [9.17, 15) is 9.59 Å². The molecule has 0 spiro atoms. The van der Waals surface area contributed by atoms with Crippen LogP contribution in [-0.4, -0.2) is 22.0 Å². The number of aromatic carboxylic acids is 1. The van der Waals surface area contributed by atoms with Crippen LogP contribution in [-0.2, 0) is 0 Å². The number of aromatic nitrogens is 1. The number of nitrogens with zero attached hydrogens (tertiary/aromatic N) is 1. The van der Waals surface area contributed by atoms with Gasteiger partial charge in [0, 0.05) is 11.3 Å². The SMILES string of the molecule is O=C(O)c1cccc(NC(=O)c2coc(-c3ccc(Cl)c(Cl)c3)n2)c1. The van der Waals surface area contributed by atoms with E-state index in [1.807, 2.05) is 0 Å². The highest BCUT2D eigenvalue weighted by Gasteiger charge is 2.15. The summed E-state index contributed by atoms with van der Waals surface area (Å²) < 4.78 is 5.30. The van der Waals surface area contributed by atoms with Crippen molar-refractivity contribution in [2.75, 3.05) is 5.32 Å². The molecule has 0 aliphatic carbocycles. The zero-order valence-corrected chi connectivity index (χ0v) is 14.0. The Bertz CT molecular complexity index is 969. The molecule has 0 saturated heterocycles. The molecule has 1 aromatic heterocycles. The molecule has 0 atom stereocenters. The van der Waals surface area contributed by atoms with Crippen molar-refractivity contribution in [3.8, 4) is 11.5 Å². The zero-order valence-electron chi connectivity index (χ0n) is 12.5. The molecular weight excluding hydrogens is 367 g/mol. The normalized spacial score (nSPS) is 10.5. The molecular formula is C17H10Cl2N2O4. The first kappa shape index (κ1) is 17.0. The fraction of sp³-hybridized carbons (Fsp3) is 0. The maximum atomic E-state index is 12.2. The van der Waals surface area contributed by atoms with Crippen LogP contribution in [0, 0.1) is 0 Å². The van der Waals surface area contributed by atoms with Gasteiger partial charge in [-0.3, -0.25) is 4.79 Å². The highest BCUT2D eigenvalue weighted by atomic mass is 35.5. The number of carboxylic acids is 1. The number of rotatable bonds is 4. The quantitative estimate of drug-likeness (QED) is 0.693. The fourth-order valence-corrected chi connectivity index (χ4v) is 2.36. The lowest BCUT2D eigenvalue weighted by Crippen LogP contribution is -2.12.